The van der Waals surface area contributed by atoms with Gasteiger partial charge in [-0.25, -0.2) is 17.2 Å². The smallest absolute Gasteiger partial charge is 0.263 e. The molecule has 21 heavy (non-hydrogen) atoms. The summed E-state index contributed by atoms with van der Waals surface area (Å²) in [5.74, 6) is -1.66. The first-order valence-corrected chi connectivity index (χ1v) is 7.38. The van der Waals surface area contributed by atoms with Crippen LogP contribution in [-0.4, -0.2) is 8.42 Å². The molecule has 0 aliphatic rings. The first-order chi connectivity index (χ1) is 9.85. The van der Waals surface area contributed by atoms with Gasteiger partial charge in [0.1, 0.15) is 28.2 Å². The molecule has 0 atom stereocenters. The van der Waals surface area contributed by atoms with E-state index in [1.54, 1.807) is 6.07 Å². The van der Waals surface area contributed by atoms with Crippen LogP contribution in [0.2, 0.25) is 5.02 Å². The lowest BCUT2D eigenvalue weighted by atomic mass is 10.2. The molecule has 0 spiro atoms. The van der Waals surface area contributed by atoms with Crippen molar-refractivity contribution in [3.63, 3.8) is 0 Å². The van der Waals surface area contributed by atoms with Crippen LogP contribution in [0, 0.1) is 23.0 Å². The van der Waals surface area contributed by atoms with Gasteiger partial charge < -0.3 is 0 Å². The second kappa shape index (κ2) is 5.68. The third-order valence-corrected chi connectivity index (χ3v) is 4.40. The third kappa shape index (κ3) is 3.12. The zero-order chi connectivity index (χ0) is 15.6. The average Bonchev–Trinajstić information content (AvgIpc) is 2.41. The van der Waals surface area contributed by atoms with E-state index in [2.05, 4.69) is 0 Å². The molecule has 0 aliphatic carbocycles. The van der Waals surface area contributed by atoms with Gasteiger partial charge in [0.15, 0.2) is 0 Å². The lowest BCUT2D eigenvalue weighted by molar-refractivity contribution is 0.595. The standard InChI is InChI=1S/C13H7ClF2N2O2S/c14-10-5-4-8(15)6-13(10)21(19,20)18-12-3-1-2-11(16)9(12)7-17/h1-6,18H. The number of rotatable bonds is 3. The number of halogens is 3. The lowest BCUT2D eigenvalue weighted by Crippen LogP contribution is -2.15. The summed E-state index contributed by atoms with van der Waals surface area (Å²) >= 11 is 5.73. The van der Waals surface area contributed by atoms with Crippen molar-refractivity contribution in [3.05, 3.63) is 58.6 Å². The molecule has 0 saturated heterocycles. The van der Waals surface area contributed by atoms with Crippen LogP contribution in [0.3, 0.4) is 0 Å². The van der Waals surface area contributed by atoms with Crippen LogP contribution >= 0.6 is 11.6 Å². The van der Waals surface area contributed by atoms with Crippen LogP contribution in [0.5, 0.6) is 0 Å². The SMILES string of the molecule is N#Cc1c(F)cccc1NS(=O)(=O)c1cc(F)ccc1Cl. The summed E-state index contributed by atoms with van der Waals surface area (Å²) in [6.45, 7) is 0. The molecule has 0 aromatic heterocycles. The van der Waals surface area contributed by atoms with Crippen molar-refractivity contribution in [1.82, 2.24) is 0 Å². The molecule has 108 valence electrons. The summed E-state index contributed by atoms with van der Waals surface area (Å²) in [7, 11) is -4.26. The Bertz CT molecular complexity index is 848. The Morgan fingerprint density at radius 1 is 1.19 bits per heavy atom. The number of nitriles is 1. The van der Waals surface area contributed by atoms with E-state index in [0.717, 1.165) is 24.3 Å². The Morgan fingerprint density at radius 2 is 1.90 bits per heavy atom. The molecule has 0 unspecified atom stereocenters. The predicted molar refractivity (Wildman–Crippen MR) is 73.3 cm³/mol. The van der Waals surface area contributed by atoms with Gasteiger partial charge in [0.05, 0.1) is 10.7 Å². The molecule has 1 N–H and O–H groups in total. The number of anilines is 1. The zero-order valence-electron chi connectivity index (χ0n) is 10.3. The van der Waals surface area contributed by atoms with Crippen LogP contribution in [0.25, 0.3) is 0 Å². The Labute approximate surface area is 124 Å². The molecule has 2 aromatic carbocycles. The maximum Gasteiger partial charge on any atom is 0.263 e. The average molecular weight is 329 g/mol. The molecule has 2 rings (SSSR count). The van der Waals surface area contributed by atoms with Crippen LogP contribution < -0.4 is 4.72 Å². The highest BCUT2D eigenvalue weighted by Crippen LogP contribution is 2.26. The second-order valence-corrected chi connectivity index (χ2v) is 6.01. The maximum atomic E-state index is 13.4. The monoisotopic (exact) mass is 328 g/mol. The molecular formula is C13H7ClF2N2O2S. The molecule has 0 aliphatic heterocycles. The van der Waals surface area contributed by atoms with Crippen molar-refractivity contribution >= 4 is 27.3 Å². The van der Waals surface area contributed by atoms with Crippen LogP contribution in [0.15, 0.2) is 41.3 Å². The highest BCUT2D eigenvalue weighted by Gasteiger charge is 2.21. The van der Waals surface area contributed by atoms with Gasteiger partial charge in [0.2, 0.25) is 0 Å². The van der Waals surface area contributed by atoms with Gasteiger partial charge in [-0.2, -0.15) is 5.26 Å². The Balaban J connectivity index is 2.51. The Morgan fingerprint density at radius 3 is 2.57 bits per heavy atom. The summed E-state index contributed by atoms with van der Waals surface area (Å²) in [6, 6.07) is 7.85. The summed E-state index contributed by atoms with van der Waals surface area (Å²) < 4.78 is 52.9. The zero-order valence-corrected chi connectivity index (χ0v) is 11.8. The minimum atomic E-state index is -4.26. The Hall–Kier alpha value is -2.17. The summed E-state index contributed by atoms with van der Waals surface area (Å²) in [5, 5.41) is 8.66. The van der Waals surface area contributed by atoms with E-state index in [-0.39, 0.29) is 10.7 Å². The van der Waals surface area contributed by atoms with E-state index in [0.29, 0.717) is 0 Å². The van der Waals surface area contributed by atoms with E-state index in [4.69, 9.17) is 16.9 Å². The molecule has 0 bridgehead atoms. The fourth-order valence-corrected chi connectivity index (χ4v) is 3.19. The van der Waals surface area contributed by atoms with Gasteiger partial charge in [0, 0.05) is 0 Å². The molecule has 8 heteroatoms. The minimum Gasteiger partial charge on any atom is -0.278 e. The highest BCUT2D eigenvalue weighted by atomic mass is 35.5. The fourth-order valence-electron chi connectivity index (χ4n) is 1.61. The van der Waals surface area contributed by atoms with Crippen molar-refractivity contribution in [2.45, 2.75) is 4.90 Å². The molecular weight excluding hydrogens is 322 g/mol. The van der Waals surface area contributed by atoms with E-state index in [9.17, 15) is 17.2 Å². The van der Waals surface area contributed by atoms with Gasteiger partial charge >= 0.3 is 0 Å². The van der Waals surface area contributed by atoms with Crippen molar-refractivity contribution in [1.29, 1.82) is 5.26 Å². The first kappa shape index (κ1) is 15.2. The second-order valence-electron chi connectivity index (χ2n) is 3.95. The maximum absolute atomic E-state index is 13.4. The fraction of sp³-hybridized carbons (Fsp3) is 0. The number of hydrogen-bond donors (Lipinski definition) is 1. The van der Waals surface area contributed by atoms with Gasteiger partial charge in [-0.1, -0.05) is 17.7 Å². The van der Waals surface area contributed by atoms with E-state index in [1.165, 1.54) is 12.1 Å². The summed E-state index contributed by atoms with van der Waals surface area (Å²) in [4.78, 5) is -0.502. The molecule has 0 amide bonds. The lowest BCUT2D eigenvalue weighted by Gasteiger charge is -2.11. The highest BCUT2D eigenvalue weighted by molar-refractivity contribution is 7.92. The van der Waals surface area contributed by atoms with E-state index >= 15 is 0 Å². The number of nitrogens with one attached hydrogen (secondary N) is 1. The topological polar surface area (TPSA) is 70.0 Å². The van der Waals surface area contributed by atoms with Gasteiger partial charge in [-0.3, -0.25) is 4.72 Å². The molecule has 0 fully saturated rings. The van der Waals surface area contributed by atoms with Crippen molar-refractivity contribution in [3.8, 4) is 6.07 Å². The van der Waals surface area contributed by atoms with Gasteiger partial charge in [-0.05, 0) is 30.3 Å². The normalized spacial score (nSPS) is 11.0. The molecule has 4 nitrogen and oxygen atoms in total. The third-order valence-electron chi connectivity index (χ3n) is 2.55. The van der Waals surface area contributed by atoms with Crippen LogP contribution in [0.4, 0.5) is 14.5 Å². The van der Waals surface area contributed by atoms with Crippen molar-refractivity contribution < 1.29 is 17.2 Å². The molecule has 0 heterocycles. The largest absolute Gasteiger partial charge is 0.278 e. The molecule has 0 saturated carbocycles. The number of hydrogen-bond acceptors (Lipinski definition) is 3. The molecule has 0 radical (unpaired) electrons. The quantitative estimate of drug-likeness (QED) is 0.939. The van der Waals surface area contributed by atoms with E-state index in [1.807, 2.05) is 4.72 Å². The van der Waals surface area contributed by atoms with Crippen LogP contribution in [0.1, 0.15) is 5.56 Å². The summed E-state index contributed by atoms with van der Waals surface area (Å²) in [5.41, 5.74) is -0.716. The predicted octanol–water partition coefficient (Wildman–Crippen LogP) is 3.29. The Kier molecular flexibility index (Phi) is 4.11. The van der Waals surface area contributed by atoms with Crippen LogP contribution in [-0.2, 0) is 10.0 Å². The van der Waals surface area contributed by atoms with Crippen molar-refractivity contribution in [2.24, 2.45) is 0 Å². The number of nitrogens with zero attached hydrogens (tertiary/aromatic N) is 1. The number of sulfonamides is 1. The van der Waals surface area contributed by atoms with Gasteiger partial charge in [0.25, 0.3) is 10.0 Å². The minimum absolute atomic E-state index is 0.196. The molecule has 2 aromatic rings. The van der Waals surface area contributed by atoms with E-state index < -0.39 is 32.1 Å². The first-order valence-electron chi connectivity index (χ1n) is 5.51. The van der Waals surface area contributed by atoms with Gasteiger partial charge in [-0.15, -0.1) is 0 Å². The summed E-state index contributed by atoms with van der Waals surface area (Å²) in [6.07, 6.45) is 0. The number of benzene rings is 2. The van der Waals surface area contributed by atoms with Crippen molar-refractivity contribution in [2.75, 3.05) is 4.72 Å².